The van der Waals surface area contributed by atoms with Gasteiger partial charge in [-0.25, -0.2) is 0 Å². The van der Waals surface area contributed by atoms with E-state index in [9.17, 15) is 4.79 Å². The summed E-state index contributed by atoms with van der Waals surface area (Å²) in [6.45, 7) is 1.85. The predicted octanol–water partition coefficient (Wildman–Crippen LogP) is 3.31. The average molecular weight is 309 g/mol. The lowest BCUT2D eigenvalue weighted by atomic mass is 10.1. The molecule has 0 spiro atoms. The number of hydrogen-bond donors (Lipinski definition) is 1. The van der Waals surface area contributed by atoms with Crippen molar-refractivity contribution < 1.29 is 14.1 Å². The highest BCUT2D eigenvalue weighted by Gasteiger charge is 2.13. The van der Waals surface area contributed by atoms with E-state index in [0.717, 1.165) is 11.1 Å². The maximum absolute atomic E-state index is 12.3. The topological polar surface area (TPSA) is 77.2 Å². The fourth-order valence-electron chi connectivity index (χ4n) is 2.18. The van der Waals surface area contributed by atoms with E-state index in [0.29, 0.717) is 17.0 Å². The van der Waals surface area contributed by atoms with E-state index in [1.54, 1.807) is 43.8 Å². The number of carbonyl (C=O) groups excluding carboxylic acids is 1. The third-order valence-corrected chi connectivity index (χ3v) is 3.38. The number of carbonyl (C=O) groups is 1. The first kappa shape index (κ1) is 14.8. The molecule has 23 heavy (non-hydrogen) atoms. The van der Waals surface area contributed by atoms with Gasteiger partial charge < -0.3 is 9.26 Å². The monoisotopic (exact) mass is 309 g/mol. The Hall–Kier alpha value is -3.15. The second-order valence-electron chi connectivity index (χ2n) is 4.95. The van der Waals surface area contributed by atoms with Crippen LogP contribution in [0, 0.1) is 6.92 Å². The number of pyridine rings is 1. The molecule has 0 aliphatic carbocycles. The van der Waals surface area contributed by atoms with E-state index in [1.165, 1.54) is 0 Å². The van der Waals surface area contributed by atoms with Crippen LogP contribution in [0.2, 0.25) is 0 Å². The lowest BCUT2D eigenvalue weighted by Crippen LogP contribution is -2.12. The smallest absolute Gasteiger partial charge is 0.258 e. The van der Waals surface area contributed by atoms with E-state index >= 15 is 0 Å². The number of ether oxygens (including phenoxy) is 1. The van der Waals surface area contributed by atoms with Crippen LogP contribution in [0.5, 0.6) is 5.75 Å². The first-order valence-electron chi connectivity index (χ1n) is 7.00. The number of rotatable bonds is 4. The number of nitrogens with one attached hydrogen (secondary N) is 1. The molecule has 0 unspecified atom stereocenters. The zero-order chi connectivity index (χ0) is 16.2. The van der Waals surface area contributed by atoms with E-state index < -0.39 is 0 Å². The van der Waals surface area contributed by atoms with Crippen molar-refractivity contribution in [1.82, 2.24) is 10.1 Å². The summed E-state index contributed by atoms with van der Waals surface area (Å²) in [6.07, 6.45) is 3.36. The van der Waals surface area contributed by atoms with Gasteiger partial charge in [-0.2, -0.15) is 0 Å². The number of aromatic nitrogens is 2. The summed E-state index contributed by atoms with van der Waals surface area (Å²) in [7, 11) is 1.59. The van der Waals surface area contributed by atoms with Crippen LogP contribution in [0.25, 0.3) is 11.3 Å². The summed E-state index contributed by atoms with van der Waals surface area (Å²) in [5.41, 5.74) is 2.79. The molecule has 0 fully saturated rings. The Balaban J connectivity index is 1.77. The van der Waals surface area contributed by atoms with Crippen LogP contribution in [0.15, 0.2) is 53.3 Å². The quantitative estimate of drug-likeness (QED) is 0.800. The second-order valence-corrected chi connectivity index (χ2v) is 4.95. The van der Waals surface area contributed by atoms with Crippen LogP contribution in [-0.4, -0.2) is 23.2 Å². The maximum Gasteiger partial charge on any atom is 0.258 e. The number of hydrogen-bond acceptors (Lipinski definition) is 5. The predicted molar refractivity (Wildman–Crippen MR) is 85.4 cm³/mol. The van der Waals surface area contributed by atoms with Gasteiger partial charge in [0, 0.05) is 29.6 Å². The summed E-state index contributed by atoms with van der Waals surface area (Å²) in [6, 6.07) is 10.6. The van der Waals surface area contributed by atoms with Crippen molar-refractivity contribution in [2.24, 2.45) is 0 Å². The van der Waals surface area contributed by atoms with Gasteiger partial charge in [0.25, 0.3) is 5.91 Å². The van der Waals surface area contributed by atoms with Crippen molar-refractivity contribution >= 4 is 11.8 Å². The minimum absolute atomic E-state index is 0.265. The number of amides is 1. The van der Waals surface area contributed by atoms with Gasteiger partial charge in [-0.1, -0.05) is 5.16 Å². The Labute approximate surface area is 133 Å². The number of methoxy groups -OCH3 is 1. The molecule has 6 heteroatoms. The van der Waals surface area contributed by atoms with Gasteiger partial charge in [-0.15, -0.1) is 0 Å². The number of nitrogens with zero attached hydrogens (tertiary/aromatic N) is 2. The summed E-state index contributed by atoms with van der Waals surface area (Å²) in [5, 5.41) is 6.63. The third kappa shape index (κ3) is 3.21. The van der Waals surface area contributed by atoms with Gasteiger partial charge in [-0.3, -0.25) is 15.1 Å². The number of anilines is 1. The molecule has 1 aromatic carbocycles. The highest BCUT2D eigenvalue weighted by Crippen LogP contribution is 2.22. The minimum Gasteiger partial charge on any atom is -0.497 e. The van der Waals surface area contributed by atoms with Crippen LogP contribution in [0.1, 0.15) is 15.9 Å². The zero-order valence-corrected chi connectivity index (χ0v) is 12.7. The van der Waals surface area contributed by atoms with Gasteiger partial charge >= 0.3 is 0 Å². The van der Waals surface area contributed by atoms with E-state index in [-0.39, 0.29) is 11.8 Å². The van der Waals surface area contributed by atoms with Gasteiger partial charge in [0.05, 0.1) is 7.11 Å². The normalized spacial score (nSPS) is 10.3. The van der Waals surface area contributed by atoms with Crippen molar-refractivity contribution in [3.63, 3.8) is 0 Å². The molecule has 0 radical (unpaired) electrons. The van der Waals surface area contributed by atoms with E-state index in [1.807, 2.05) is 19.1 Å². The van der Waals surface area contributed by atoms with Crippen LogP contribution < -0.4 is 10.1 Å². The van der Waals surface area contributed by atoms with E-state index in [2.05, 4.69) is 15.5 Å². The SMILES string of the molecule is COc1ccc(C(=O)Nc2cc(-c3cccnc3)no2)c(C)c1. The fourth-order valence-corrected chi connectivity index (χ4v) is 2.18. The van der Waals surface area contributed by atoms with Crippen LogP contribution in [0.3, 0.4) is 0 Å². The number of benzene rings is 1. The average Bonchev–Trinajstić information content (AvgIpc) is 3.03. The van der Waals surface area contributed by atoms with Crippen LogP contribution in [0.4, 0.5) is 5.88 Å². The van der Waals surface area contributed by atoms with Crippen molar-refractivity contribution in [2.45, 2.75) is 6.92 Å². The second kappa shape index (κ2) is 6.31. The number of aryl methyl sites for hydroxylation is 1. The Kier molecular flexibility index (Phi) is 4.05. The van der Waals surface area contributed by atoms with Crippen molar-refractivity contribution in [1.29, 1.82) is 0 Å². The molecule has 0 aliphatic rings. The van der Waals surface area contributed by atoms with Gasteiger partial charge in [0.2, 0.25) is 5.88 Å². The van der Waals surface area contributed by atoms with Crippen molar-refractivity contribution in [2.75, 3.05) is 12.4 Å². The Morgan fingerprint density at radius 2 is 2.13 bits per heavy atom. The summed E-state index contributed by atoms with van der Waals surface area (Å²) in [4.78, 5) is 16.4. The third-order valence-electron chi connectivity index (χ3n) is 3.38. The molecular weight excluding hydrogens is 294 g/mol. The maximum atomic E-state index is 12.3. The molecule has 2 aromatic heterocycles. The summed E-state index contributed by atoms with van der Waals surface area (Å²) < 4.78 is 10.3. The molecule has 2 heterocycles. The highest BCUT2D eigenvalue weighted by atomic mass is 16.5. The molecule has 0 saturated heterocycles. The molecule has 0 bridgehead atoms. The minimum atomic E-state index is -0.265. The summed E-state index contributed by atoms with van der Waals surface area (Å²) >= 11 is 0. The Morgan fingerprint density at radius 3 is 2.83 bits per heavy atom. The molecular formula is C17H15N3O3. The van der Waals surface area contributed by atoms with Gasteiger partial charge in [-0.05, 0) is 42.8 Å². The lowest BCUT2D eigenvalue weighted by molar-refractivity contribution is 0.102. The molecule has 3 rings (SSSR count). The van der Waals surface area contributed by atoms with Crippen molar-refractivity contribution in [3.8, 4) is 17.0 Å². The van der Waals surface area contributed by atoms with E-state index in [4.69, 9.17) is 9.26 Å². The molecule has 0 atom stereocenters. The molecule has 6 nitrogen and oxygen atoms in total. The van der Waals surface area contributed by atoms with Crippen molar-refractivity contribution in [3.05, 3.63) is 59.9 Å². The molecule has 3 aromatic rings. The summed E-state index contributed by atoms with van der Waals surface area (Å²) in [5.74, 6) is 0.723. The largest absolute Gasteiger partial charge is 0.497 e. The Bertz CT molecular complexity index is 828. The first-order chi connectivity index (χ1) is 11.2. The van der Waals surface area contributed by atoms with Crippen LogP contribution in [-0.2, 0) is 0 Å². The zero-order valence-electron chi connectivity index (χ0n) is 12.7. The van der Waals surface area contributed by atoms with Gasteiger partial charge in [0.15, 0.2) is 0 Å². The first-order valence-corrected chi connectivity index (χ1v) is 7.00. The molecule has 0 saturated carbocycles. The van der Waals surface area contributed by atoms with Crippen LogP contribution >= 0.6 is 0 Å². The molecule has 1 N–H and O–H groups in total. The van der Waals surface area contributed by atoms with Gasteiger partial charge in [0.1, 0.15) is 11.4 Å². The molecule has 116 valence electrons. The molecule has 0 aliphatic heterocycles. The Morgan fingerprint density at radius 1 is 1.26 bits per heavy atom. The fraction of sp³-hybridized carbons (Fsp3) is 0.118. The molecule has 1 amide bonds. The lowest BCUT2D eigenvalue weighted by Gasteiger charge is -2.07. The standard InChI is InChI=1S/C17H15N3O3/c1-11-8-13(22-2)5-6-14(11)17(21)19-16-9-15(20-23-16)12-4-3-7-18-10-12/h3-10H,1-2H3,(H,19,21). The highest BCUT2D eigenvalue weighted by molar-refractivity contribution is 6.04.